The number of rotatable bonds is 26. The molecule has 20 nitrogen and oxygen atoms in total. The molecule has 0 aromatic heterocycles. The fraction of sp³-hybridized carbons (Fsp3) is 0.355. The van der Waals surface area contributed by atoms with Gasteiger partial charge in [0.05, 0.1) is 41.3 Å². The molecule has 6 aliphatic rings. The van der Waals surface area contributed by atoms with Crippen LogP contribution in [0.15, 0.2) is 206 Å². The van der Waals surface area contributed by atoms with E-state index >= 15 is 0 Å². The summed E-state index contributed by atoms with van der Waals surface area (Å²) >= 11 is 18.1. The van der Waals surface area contributed by atoms with E-state index in [4.69, 9.17) is 58.5 Å². The summed E-state index contributed by atoms with van der Waals surface area (Å²) in [6, 6.07) is 66.1. The van der Waals surface area contributed by atoms with Gasteiger partial charge in [-0.2, -0.15) is 0 Å². The molecule has 116 heavy (non-hydrogen) atoms. The smallest absolute Gasteiger partial charge is 0.265 e. The van der Waals surface area contributed by atoms with E-state index in [9.17, 15) is 28.8 Å². The highest BCUT2D eigenvalue weighted by molar-refractivity contribution is 6.42. The Labute approximate surface area is 695 Å². The minimum absolute atomic E-state index is 0.000321. The number of hydrogen-bond donors (Lipinski definition) is 3. The molecule has 3 N–H and O–H groups in total. The van der Waals surface area contributed by atoms with Crippen LogP contribution in [-0.4, -0.2) is 182 Å². The number of ether oxygens (including phenoxy) is 5. The molecule has 606 valence electrons. The number of benzene rings is 9. The first kappa shape index (κ1) is 83.5. The second-order valence-electron chi connectivity index (χ2n) is 30.2. The maximum Gasteiger partial charge on any atom is 0.265 e. The maximum atomic E-state index is 13.2. The van der Waals surface area contributed by atoms with Crippen LogP contribution < -0.4 is 54.3 Å². The van der Waals surface area contributed by atoms with Gasteiger partial charge < -0.3 is 69.0 Å². The Morgan fingerprint density at radius 2 is 0.759 bits per heavy atom. The van der Waals surface area contributed by atoms with Crippen molar-refractivity contribution in [1.29, 1.82) is 0 Å². The first-order chi connectivity index (χ1) is 56.5. The van der Waals surface area contributed by atoms with Crippen molar-refractivity contribution in [2.75, 3.05) is 140 Å². The molecule has 9 aromatic carbocycles. The van der Waals surface area contributed by atoms with Crippen molar-refractivity contribution in [3.8, 4) is 28.7 Å². The van der Waals surface area contributed by atoms with Crippen LogP contribution >= 0.6 is 34.8 Å². The predicted molar refractivity (Wildman–Crippen MR) is 458 cm³/mol. The van der Waals surface area contributed by atoms with Gasteiger partial charge >= 0.3 is 0 Å². The van der Waals surface area contributed by atoms with Gasteiger partial charge in [0.15, 0.2) is 31.3 Å². The molecule has 1 atom stereocenters. The topological polar surface area (TPSA) is 204 Å². The number of piperidine rings is 3. The lowest BCUT2D eigenvalue weighted by Crippen LogP contribution is -2.45. The molecule has 0 spiro atoms. The predicted octanol–water partition coefficient (Wildman–Crippen LogP) is 15.2. The molecule has 15 rings (SSSR count). The van der Waals surface area contributed by atoms with Gasteiger partial charge in [0.25, 0.3) is 35.4 Å². The number of carbonyl (C=O) groups is 6. The molecule has 3 fully saturated rings. The molecule has 6 heterocycles. The second kappa shape index (κ2) is 40.9. The molecular formula is C93H102Cl3N9O11. The third kappa shape index (κ3) is 21.8. The Kier molecular flexibility index (Phi) is 29.4. The van der Waals surface area contributed by atoms with Crippen LogP contribution in [0.2, 0.25) is 15.1 Å². The number of carbonyl (C=O) groups excluding carboxylic acids is 6. The number of methoxy groups -OCH3 is 2. The summed E-state index contributed by atoms with van der Waals surface area (Å²) < 4.78 is 27.4. The number of likely N-dealkylation sites (tertiary alicyclic amines) is 3. The van der Waals surface area contributed by atoms with E-state index in [0.29, 0.717) is 89.9 Å². The Morgan fingerprint density at radius 3 is 1.16 bits per heavy atom. The van der Waals surface area contributed by atoms with E-state index in [1.807, 2.05) is 204 Å². The lowest BCUT2D eigenvalue weighted by molar-refractivity contribution is -0.122. The summed E-state index contributed by atoms with van der Waals surface area (Å²) in [4.78, 5) is 89.8. The minimum atomic E-state index is -0.0485. The third-order valence-corrected chi connectivity index (χ3v) is 23.7. The quantitative estimate of drug-likeness (QED) is 0.0462. The van der Waals surface area contributed by atoms with Crippen molar-refractivity contribution >= 4 is 87.3 Å². The number of nitrogens with one attached hydrogen (secondary N) is 3. The van der Waals surface area contributed by atoms with Gasteiger partial charge in [0.1, 0.15) is 17.2 Å². The molecule has 6 aliphatic heterocycles. The largest absolute Gasteiger partial charge is 0.493 e. The van der Waals surface area contributed by atoms with E-state index in [2.05, 4.69) is 48.8 Å². The van der Waals surface area contributed by atoms with Crippen LogP contribution in [0.25, 0.3) is 0 Å². The van der Waals surface area contributed by atoms with Gasteiger partial charge in [0, 0.05) is 80.1 Å². The number of nitrogens with zero attached hydrogens (tertiary/aromatic N) is 6. The maximum absolute atomic E-state index is 13.2. The van der Waals surface area contributed by atoms with Crippen LogP contribution in [0.3, 0.4) is 0 Å². The molecule has 0 aliphatic carbocycles. The van der Waals surface area contributed by atoms with Crippen molar-refractivity contribution in [2.45, 2.75) is 88.5 Å². The zero-order valence-corrected chi connectivity index (χ0v) is 68.4. The standard InChI is InChI=1S/C32H37N3O5.C31H34ClN3O3.C30H31Cl2N3O3/c1-38-29-12-11-23(21-30(29)39-2)13-16-33-32(37)26-8-4-3-7-25(26)24-14-17-34(18-15-24)19-20-35-27-9-5-6-10-28(27)40-22-31(35)36;1-22(20-23-10-12-25(32)13-11-23)33-31(37)27-7-3-2-6-26(27)24-14-16-34(17-15-24)18-19-35-28-8-4-5-9-29(28)38-21-30(35)36;31-25-10-9-21(19-26(25)32)11-14-33-30(37)24-6-2-1-5-23(24)22-12-15-34(16-13-22)17-18-35-27-7-3-4-8-28(27)38-20-29(35)36/h3-12,21,24H,13-20,22H2,1-2H3,(H,33,37);2-13,22,24H,14-21H2,1H3,(H,33,37);1-10,19,22H,11-18,20H2,(H,33,37). The summed E-state index contributed by atoms with van der Waals surface area (Å²) in [5, 5.41) is 11.1. The Morgan fingerprint density at radius 1 is 0.405 bits per heavy atom. The Hall–Kier alpha value is -10.5. The third-order valence-electron chi connectivity index (χ3n) is 22.7. The van der Waals surface area contributed by atoms with Gasteiger partial charge in [-0.25, -0.2) is 0 Å². The number of anilines is 3. The fourth-order valence-corrected chi connectivity index (χ4v) is 16.8. The van der Waals surface area contributed by atoms with Gasteiger partial charge in [-0.15, -0.1) is 0 Å². The average molecular weight is 1630 g/mol. The monoisotopic (exact) mass is 1630 g/mol. The van der Waals surface area contributed by atoms with Gasteiger partial charge in [0.2, 0.25) is 0 Å². The molecule has 0 radical (unpaired) electrons. The van der Waals surface area contributed by atoms with E-state index < -0.39 is 0 Å². The summed E-state index contributed by atoms with van der Waals surface area (Å²) in [5.41, 5.74) is 11.4. The minimum Gasteiger partial charge on any atom is -0.493 e. The summed E-state index contributed by atoms with van der Waals surface area (Å²) in [5.74, 6) is 4.56. The molecular weight excluding hydrogens is 1530 g/mol. The first-order valence-corrected chi connectivity index (χ1v) is 41.4. The van der Waals surface area contributed by atoms with Crippen molar-refractivity contribution in [3.05, 3.63) is 271 Å². The second-order valence-corrected chi connectivity index (χ2v) is 31.4. The van der Waals surface area contributed by atoms with E-state index in [1.165, 1.54) is 0 Å². The zero-order chi connectivity index (χ0) is 80.9. The number of halogens is 3. The number of hydrogen-bond acceptors (Lipinski definition) is 14. The van der Waals surface area contributed by atoms with Crippen LogP contribution in [-0.2, 0) is 33.6 Å². The number of fused-ring (bicyclic) bond motifs is 3. The SMILES string of the molecule is CC(Cc1ccc(Cl)cc1)NC(=O)c1ccccc1C1CCN(CCN2C(=O)COc3ccccc32)CC1.COc1ccc(CCNC(=O)c2ccccc2C2CCN(CCN3C(=O)COc4ccccc43)CC2)cc1OC.O=C(NCCc1ccc(Cl)c(Cl)c1)c1ccccc1C1CCN(CCN2C(=O)COc3ccccc32)CC1. The Bertz CT molecular complexity index is 4870. The highest BCUT2D eigenvalue weighted by Gasteiger charge is 2.33. The van der Waals surface area contributed by atoms with E-state index in [-0.39, 0.29) is 61.3 Å². The molecule has 6 amide bonds. The van der Waals surface area contributed by atoms with E-state index in [1.54, 1.807) is 20.3 Å². The van der Waals surface area contributed by atoms with Crippen LogP contribution in [0.1, 0.15) is 128 Å². The van der Waals surface area contributed by atoms with Gasteiger partial charge in [-0.05, 0) is 246 Å². The lowest BCUT2D eigenvalue weighted by atomic mass is 9.86. The number of amides is 6. The number of para-hydroxylation sites is 6. The fourth-order valence-electron chi connectivity index (χ4n) is 16.4. The van der Waals surface area contributed by atoms with Crippen molar-refractivity contribution in [2.24, 2.45) is 0 Å². The molecule has 0 bridgehead atoms. The summed E-state index contributed by atoms with van der Waals surface area (Å²) in [7, 11) is 3.24. The van der Waals surface area contributed by atoms with Crippen LogP contribution in [0.4, 0.5) is 17.1 Å². The summed E-state index contributed by atoms with van der Waals surface area (Å²) in [6.45, 7) is 13.3. The lowest BCUT2D eigenvalue weighted by Gasteiger charge is -2.35. The highest BCUT2D eigenvalue weighted by atomic mass is 35.5. The molecule has 23 heteroatoms. The molecule has 0 saturated carbocycles. The van der Waals surface area contributed by atoms with Crippen molar-refractivity contribution in [3.63, 3.8) is 0 Å². The van der Waals surface area contributed by atoms with E-state index in [0.717, 1.165) is 188 Å². The Balaban J connectivity index is 0.000000151. The van der Waals surface area contributed by atoms with Gasteiger partial charge in [-0.3, -0.25) is 28.8 Å². The van der Waals surface area contributed by atoms with Gasteiger partial charge in [-0.1, -0.05) is 150 Å². The highest BCUT2D eigenvalue weighted by Crippen LogP contribution is 2.38. The molecule has 9 aromatic rings. The normalized spacial score (nSPS) is 16.3. The van der Waals surface area contributed by atoms with Crippen LogP contribution in [0, 0.1) is 0 Å². The molecule has 1 unspecified atom stereocenters. The average Bonchev–Trinajstić information content (AvgIpc) is 0.823. The summed E-state index contributed by atoms with van der Waals surface area (Å²) in [6.07, 6.45) is 7.99. The first-order valence-electron chi connectivity index (χ1n) is 40.3. The molecule has 3 saturated heterocycles. The zero-order valence-electron chi connectivity index (χ0n) is 66.1. The van der Waals surface area contributed by atoms with Crippen molar-refractivity contribution in [1.82, 2.24) is 30.7 Å². The van der Waals surface area contributed by atoms with Crippen LogP contribution in [0.5, 0.6) is 28.7 Å². The van der Waals surface area contributed by atoms with Crippen molar-refractivity contribution < 1.29 is 52.5 Å².